The molecular formula is C51H53NO14. The van der Waals surface area contributed by atoms with Crippen molar-refractivity contribution in [1.82, 2.24) is 5.32 Å². The zero-order valence-corrected chi connectivity index (χ0v) is 37.4. The molecule has 1 saturated heterocycles. The fraction of sp³-hybridized carbons (Fsp3) is 0.412. The molecule has 0 spiro atoms. The molecule has 346 valence electrons. The number of ketones is 1. The molecule has 15 heteroatoms. The summed E-state index contributed by atoms with van der Waals surface area (Å²) in [6.45, 7) is 7.99. The topological polar surface area (TPSA) is 221 Å². The SMILES string of the molecule is CC(=O)O[C@H]1C(=O)[C@@]2(C)C(C(OC(=O)c3ccccc3)[C@]3(O)C[C@H](OC(=O)[C@H](O)[C@@H](NC(=O)c4ccccc4)c4ccc5ccccc5c4)C(C)=C1C3(C)C)[C@]1(OC(C)=O)CO[C@@H]1C[C@@H]2O. The first kappa shape index (κ1) is 46.3. The number of carbonyl (C=O) groups excluding carboxylic acids is 6. The molecule has 1 amide bonds. The van der Waals surface area contributed by atoms with Crippen molar-refractivity contribution in [2.24, 2.45) is 16.7 Å². The van der Waals surface area contributed by atoms with E-state index in [2.05, 4.69) is 5.32 Å². The number of ether oxygens (including phenoxy) is 5. The van der Waals surface area contributed by atoms with Gasteiger partial charge in [0, 0.05) is 37.7 Å². The Balaban J connectivity index is 1.27. The van der Waals surface area contributed by atoms with Crippen LogP contribution in [-0.2, 0) is 42.9 Å². The molecule has 2 bridgehead atoms. The van der Waals surface area contributed by atoms with Crippen LogP contribution in [0.15, 0.2) is 114 Å². The van der Waals surface area contributed by atoms with E-state index in [1.165, 1.54) is 26.0 Å². The molecule has 11 atom stereocenters. The molecule has 4 aromatic carbocycles. The second-order valence-electron chi connectivity index (χ2n) is 18.5. The number of hydrogen-bond donors (Lipinski definition) is 4. The second kappa shape index (κ2) is 17.2. The lowest BCUT2D eigenvalue weighted by Gasteiger charge is -2.67. The molecule has 1 aliphatic heterocycles. The molecule has 3 aliphatic carbocycles. The summed E-state index contributed by atoms with van der Waals surface area (Å²) in [5, 5.41) is 42.4. The summed E-state index contributed by atoms with van der Waals surface area (Å²) in [6, 6.07) is 27.3. The molecule has 2 unspecified atom stereocenters. The fourth-order valence-corrected chi connectivity index (χ4v) is 10.9. The standard InChI is InChI=1S/C51H53NO14/c1-27-35(64-47(60)40(56)39(52-45(58)31-16-9-7-10-17-31)34-22-21-30-15-13-14-20-33(30)23-34)25-51(61)44(65-46(59)32-18-11-8-12-19-32)42-49(6,36(55)24-37-50(42,26-62-37)66-29(3)54)43(57)41(63-28(2)53)38(27)48(51,4)5/h7-23,35-37,39-42,44,55-56,61H,24-26H2,1-6H3,(H,52,58)/t35-,36-,37+,39-,40+,41+,42?,44?,49+,50-,51+/m0/s1. The van der Waals surface area contributed by atoms with Gasteiger partial charge < -0.3 is 44.3 Å². The minimum atomic E-state index is -2.41. The molecule has 4 N–H and O–H groups in total. The van der Waals surface area contributed by atoms with Crippen LogP contribution >= 0.6 is 0 Å². The first-order valence-corrected chi connectivity index (χ1v) is 21.9. The Hall–Kier alpha value is -6.26. The maximum Gasteiger partial charge on any atom is 0.338 e. The molecular weight excluding hydrogens is 851 g/mol. The van der Waals surface area contributed by atoms with Gasteiger partial charge in [-0.15, -0.1) is 0 Å². The largest absolute Gasteiger partial charge is 0.456 e. The number of aliphatic hydroxyl groups is 3. The zero-order chi connectivity index (χ0) is 47.5. The van der Waals surface area contributed by atoms with Gasteiger partial charge in [-0.2, -0.15) is 0 Å². The number of benzene rings is 4. The van der Waals surface area contributed by atoms with Gasteiger partial charge in [0.1, 0.15) is 23.9 Å². The number of Topliss-reactive ketones (excluding diaryl/α,β-unsaturated/α-hetero) is 1. The number of esters is 4. The van der Waals surface area contributed by atoms with Crippen LogP contribution in [0.1, 0.15) is 86.7 Å². The predicted octanol–water partition coefficient (Wildman–Crippen LogP) is 4.89. The summed E-state index contributed by atoms with van der Waals surface area (Å²) in [5.74, 6) is -6.87. The van der Waals surface area contributed by atoms with Crippen molar-refractivity contribution in [2.45, 2.75) is 108 Å². The van der Waals surface area contributed by atoms with E-state index in [9.17, 15) is 39.3 Å². The van der Waals surface area contributed by atoms with Crippen molar-refractivity contribution in [2.75, 3.05) is 6.61 Å². The van der Waals surface area contributed by atoms with E-state index < -0.39 is 113 Å². The van der Waals surface area contributed by atoms with E-state index >= 15 is 4.79 Å². The van der Waals surface area contributed by atoms with Gasteiger partial charge in [-0.05, 0) is 71.7 Å². The van der Waals surface area contributed by atoms with Crippen LogP contribution in [0.3, 0.4) is 0 Å². The minimum absolute atomic E-state index is 0.00615. The van der Waals surface area contributed by atoms with Crippen molar-refractivity contribution in [1.29, 1.82) is 0 Å². The lowest BCUT2D eigenvalue weighted by Crippen LogP contribution is -2.82. The van der Waals surface area contributed by atoms with E-state index in [-0.39, 0.29) is 35.3 Å². The van der Waals surface area contributed by atoms with Crippen LogP contribution in [0.2, 0.25) is 0 Å². The maximum atomic E-state index is 15.6. The Kier molecular flexibility index (Phi) is 12.1. The Morgan fingerprint density at radius 1 is 0.803 bits per heavy atom. The number of rotatable bonds is 10. The molecule has 15 nitrogen and oxygen atoms in total. The van der Waals surface area contributed by atoms with Crippen molar-refractivity contribution < 1.29 is 67.8 Å². The highest BCUT2D eigenvalue weighted by molar-refractivity contribution is 5.96. The second-order valence-corrected chi connectivity index (χ2v) is 18.5. The van der Waals surface area contributed by atoms with Gasteiger partial charge in [-0.3, -0.25) is 19.2 Å². The molecule has 1 heterocycles. The number of fused-ring (bicyclic) bond motifs is 6. The van der Waals surface area contributed by atoms with Gasteiger partial charge in [0.05, 0.1) is 35.6 Å². The van der Waals surface area contributed by atoms with Crippen molar-refractivity contribution >= 4 is 46.3 Å². The van der Waals surface area contributed by atoms with Crippen LogP contribution in [0.5, 0.6) is 0 Å². The van der Waals surface area contributed by atoms with Crippen LogP contribution in [0.4, 0.5) is 0 Å². The monoisotopic (exact) mass is 903 g/mol. The molecule has 0 radical (unpaired) electrons. The van der Waals surface area contributed by atoms with E-state index in [0.717, 1.165) is 24.6 Å². The van der Waals surface area contributed by atoms with E-state index in [1.807, 2.05) is 24.3 Å². The number of hydrogen-bond acceptors (Lipinski definition) is 14. The average Bonchev–Trinajstić information content (AvgIpc) is 3.29. The van der Waals surface area contributed by atoms with Crippen molar-refractivity contribution in [3.8, 4) is 0 Å². The smallest absolute Gasteiger partial charge is 0.338 e. The maximum absolute atomic E-state index is 15.6. The Labute approximate surface area is 381 Å². The molecule has 4 aromatic rings. The van der Waals surface area contributed by atoms with Crippen LogP contribution in [0, 0.1) is 16.7 Å². The number of nitrogens with one attached hydrogen (secondary N) is 1. The van der Waals surface area contributed by atoms with E-state index in [4.69, 9.17) is 23.7 Å². The van der Waals surface area contributed by atoms with Gasteiger partial charge in [0.15, 0.2) is 23.6 Å². The van der Waals surface area contributed by atoms with Crippen molar-refractivity contribution in [3.63, 3.8) is 0 Å². The van der Waals surface area contributed by atoms with Crippen LogP contribution in [0.25, 0.3) is 10.8 Å². The average molecular weight is 904 g/mol. The Morgan fingerprint density at radius 2 is 1.42 bits per heavy atom. The summed E-state index contributed by atoms with van der Waals surface area (Å²) in [7, 11) is 0. The Morgan fingerprint density at radius 3 is 2.03 bits per heavy atom. The van der Waals surface area contributed by atoms with Crippen LogP contribution < -0.4 is 5.32 Å². The van der Waals surface area contributed by atoms with Gasteiger partial charge in [-0.1, -0.05) is 86.6 Å². The molecule has 2 saturated carbocycles. The summed E-state index contributed by atoms with van der Waals surface area (Å²) in [4.78, 5) is 84.3. The minimum Gasteiger partial charge on any atom is -0.456 e. The first-order valence-electron chi connectivity index (χ1n) is 21.9. The normalized spacial score (nSPS) is 30.7. The molecule has 8 rings (SSSR count). The summed E-state index contributed by atoms with van der Waals surface area (Å²) in [6.07, 6.45) is -10.6. The summed E-state index contributed by atoms with van der Waals surface area (Å²) < 4.78 is 30.5. The number of aliphatic hydroxyl groups excluding tert-OH is 2. The number of carbonyl (C=O) groups is 6. The Bertz CT molecular complexity index is 2630. The highest BCUT2D eigenvalue weighted by Gasteiger charge is 2.78. The van der Waals surface area contributed by atoms with Gasteiger partial charge in [0.25, 0.3) is 5.91 Å². The van der Waals surface area contributed by atoms with Gasteiger partial charge in [-0.25, -0.2) is 9.59 Å². The lowest BCUT2D eigenvalue weighted by atomic mass is 9.44. The molecule has 3 fully saturated rings. The first-order chi connectivity index (χ1) is 31.2. The third-order valence-electron chi connectivity index (χ3n) is 14.5. The van der Waals surface area contributed by atoms with Crippen molar-refractivity contribution in [3.05, 3.63) is 131 Å². The van der Waals surface area contributed by atoms with E-state index in [0.29, 0.717) is 5.56 Å². The highest BCUT2D eigenvalue weighted by atomic mass is 16.6. The highest BCUT2D eigenvalue weighted by Crippen LogP contribution is 2.64. The third-order valence-corrected chi connectivity index (χ3v) is 14.5. The quantitative estimate of drug-likeness (QED) is 0.0947. The summed E-state index contributed by atoms with van der Waals surface area (Å²) >= 11 is 0. The molecule has 0 aromatic heterocycles. The lowest BCUT2D eigenvalue weighted by molar-refractivity contribution is -0.346. The summed E-state index contributed by atoms with van der Waals surface area (Å²) in [5.41, 5.74) is -7.08. The van der Waals surface area contributed by atoms with Gasteiger partial charge >= 0.3 is 23.9 Å². The predicted molar refractivity (Wildman–Crippen MR) is 235 cm³/mol. The number of amides is 1. The third kappa shape index (κ3) is 7.57. The van der Waals surface area contributed by atoms with Crippen LogP contribution in [-0.4, -0.2) is 105 Å². The molecule has 4 aliphatic rings. The van der Waals surface area contributed by atoms with Gasteiger partial charge in [0.2, 0.25) is 0 Å². The zero-order valence-electron chi connectivity index (χ0n) is 37.4. The molecule has 66 heavy (non-hydrogen) atoms. The van der Waals surface area contributed by atoms with E-state index in [1.54, 1.807) is 80.6 Å². The fourth-order valence-electron chi connectivity index (χ4n) is 10.9.